The summed E-state index contributed by atoms with van der Waals surface area (Å²) in [6.45, 7) is -1.54. The zero-order valence-corrected chi connectivity index (χ0v) is 16.1. The van der Waals surface area contributed by atoms with Crippen molar-refractivity contribution in [3.05, 3.63) is 63.6 Å². The van der Waals surface area contributed by atoms with E-state index in [1.807, 2.05) is 0 Å². The summed E-state index contributed by atoms with van der Waals surface area (Å²) in [4.78, 5) is 25.4. The van der Waals surface area contributed by atoms with Crippen molar-refractivity contribution in [1.29, 1.82) is 0 Å². The van der Waals surface area contributed by atoms with E-state index in [1.165, 1.54) is 30.3 Å². The molecule has 0 bridgehead atoms. The van der Waals surface area contributed by atoms with Crippen molar-refractivity contribution in [1.82, 2.24) is 0 Å². The van der Waals surface area contributed by atoms with Gasteiger partial charge in [0.25, 0.3) is 0 Å². The summed E-state index contributed by atoms with van der Waals surface area (Å²) in [7, 11) is 0. The Morgan fingerprint density at radius 2 is 1.69 bits per heavy atom. The van der Waals surface area contributed by atoms with Crippen LogP contribution in [-0.4, -0.2) is 29.7 Å². The molecule has 9 heteroatoms. The van der Waals surface area contributed by atoms with E-state index in [0.29, 0.717) is 4.90 Å². The van der Waals surface area contributed by atoms with Crippen LogP contribution >= 0.6 is 39.1 Å². The predicted molar refractivity (Wildman–Crippen MR) is 98.5 cm³/mol. The average Bonchev–Trinajstić information content (AvgIpc) is 2.58. The summed E-state index contributed by atoms with van der Waals surface area (Å²) in [5.74, 6) is -1.49. The van der Waals surface area contributed by atoms with E-state index >= 15 is 0 Å². The van der Waals surface area contributed by atoms with E-state index in [-0.39, 0.29) is 32.2 Å². The summed E-state index contributed by atoms with van der Waals surface area (Å²) < 4.78 is 38.8. The molecule has 0 unspecified atom stereocenters. The lowest BCUT2D eigenvalue weighted by Gasteiger charge is -2.25. The highest BCUT2D eigenvalue weighted by Gasteiger charge is 2.35. The van der Waals surface area contributed by atoms with Crippen molar-refractivity contribution >= 4 is 56.5 Å². The molecule has 3 nitrogen and oxygen atoms in total. The Kier molecular flexibility index (Phi) is 6.71. The summed E-state index contributed by atoms with van der Waals surface area (Å²) in [6.07, 6.45) is -4.65. The fraction of sp³-hybridized carbons (Fsp3) is 0.176. The number of amides is 1. The Hall–Kier alpha value is -1.57. The molecule has 0 spiro atoms. The Bertz CT molecular complexity index is 843. The fourth-order valence-corrected chi connectivity index (χ4v) is 2.97. The number of alkyl halides is 4. The highest BCUT2D eigenvalue weighted by molar-refractivity contribution is 9.09. The number of carbonyl (C=O) groups is 2. The van der Waals surface area contributed by atoms with Gasteiger partial charge in [0, 0.05) is 16.1 Å². The van der Waals surface area contributed by atoms with Gasteiger partial charge in [0.05, 0.1) is 16.0 Å². The second-order valence-electron chi connectivity index (χ2n) is 5.20. The highest BCUT2D eigenvalue weighted by Crippen LogP contribution is 2.31. The number of halogens is 6. The minimum absolute atomic E-state index is 0.0935. The van der Waals surface area contributed by atoms with E-state index in [9.17, 15) is 22.8 Å². The molecule has 0 saturated heterocycles. The molecule has 0 aliphatic carbocycles. The van der Waals surface area contributed by atoms with Crippen LogP contribution < -0.4 is 4.90 Å². The van der Waals surface area contributed by atoms with E-state index in [1.54, 1.807) is 12.1 Å². The second kappa shape index (κ2) is 8.41. The minimum atomic E-state index is -4.65. The van der Waals surface area contributed by atoms with Crippen LogP contribution in [0.5, 0.6) is 0 Å². The quantitative estimate of drug-likeness (QED) is 0.428. The first-order valence-corrected chi connectivity index (χ1v) is 9.03. The maximum Gasteiger partial charge on any atom is 0.406 e. The third-order valence-electron chi connectivity index (χ3n) is 3.37. The number of ketones is 1. The molecule has 0 saturated carbocycles. The third-order valence-corrected chi connectivity index (χ3v) is 4.41. The first-order chi connectivity index (χ1) is 12.1. The van der Waals surface area contributed by atoms with E-state index in [4.69, 9.17) is 23.2 Å². The van der Waals surface area contributed by atoms with Crippen LogP contribution in [0.3, 0.4) is 0 Å². The van der Waals surface area contributed by atoms with Gasteiger partial charge in [-0.25, -0.2) is 0 Å². The monoisotopic (exact) mass is 467 g/mol. The molecule has 2 aromatic rings. The van der Waals surface area contributed by atoms with Gasteiger partial charge >= 0.3 is 6.18 Å². The lowest BCUT2D eigenvalue weighted by atomic mass is 10.0. The maximum absolute atomic E-state index is 12.9. The van der Waals surface area contributed by atoms with Gasteiger partial charge in [-0.15, -0.1) is 0 Å². The van der Waals surface area contributed by atoms with Gasteiger partial charge in [-0.2, -0.15) is 13.2 Å². The van der Waals surface area contributed by atoms with Crippen molar-refractivity contribution in [2.24, 2.45) is 0 Å². The lowest BCUT2D eigenvalue weighted by Crippen LogP contribution is -2.40. The Balaban J connectivity index is 2.60. The highest BCUT2D eigenvalue weighted by atomic mass is 79.9. The SMILES string of the molecule is O=C(c1ccccc1Cl)c1cc(Cl)ccc1N(CC(F)(F)F)C(=O)CBr. The molecule has 0 heterocycles. The van der Waals surface area contributed by atoms with Gasteiger partial charge in [0.15, 0.2) is 5.78 Å². The number of hydrogen-bond donors (Lipinski definition) is 0. The summed E-state index contributed by atoms with van der Waals surface area (Å²) in [5, 5.41) is -0.0640. The van der Waals surface area contributed by atoms with Crippen molar-refractivity contribution < 1.29 is 22.8 Å². The van der Waals surface area contributed by atoms with Crippen LogP contribution in [0.1, 0.15) is 15.9 Å². The number of benzene rings is 2. The zero-order chi connectivity index (χ0) is 19.5. The fourth-order valence-electron chi connectivity index (χ4n) is 2.28. The van der Waals surface area contributed by atoms with E-state index in [0.717, 1.165) is 0 Å². The molecule has 0 atom stereocenters. The second-order valence-corrected chi connectivity index (χ2v) is 6.60. The number of nitrogens with zero attached hydrogens (tertiary/aromatic N) is 1. The summed E-state index contributed by atoms with van der Waals surface area (Å²) in [5.41, 5.74) is -0.249. The van der Waals surface area contributed by atoms with Crippen LogP contribution in [0, 0.1) is 0 Å². The number of carbonyl (C=O) groups excluding carboxylic acids is 2. The van der Waals surface area contributed by atoms with Crippen LogP contribution in [-0.2, 0) is 4.79 Å². The smallest absolute Gasteiger partial charge is 0.302 e. The molecule has 2 rings (SSSR count). The number of anilines is 1. The third kappa shape index (κ3) is 4.99. The Morgan fingerprint density at radius 3 is 2.27 bits per heavy atom. The van der Waals surface area contributed by atoms with Crippen molar-refractivity contribution in [2.75, 3.05) is 16.8 Å². The minimum Gasteiger partial charge on any atom is -0.302 e. The molecule has 0 aromatic heterocycles. The molecule has 0 fully saturated rings. The zero-order valence-electron chi connectivity index (χ0n) is 13.0. The Morgan fingerprint density at radius 1 is 1.04 bits per heavy atom. The normalized spacial score (nSPS) is 11.3. The molecule has 0 radical (unpaired) electrons. The van der Waals surface area contributed by atoms with Crippen LogP contribution in [0.2, 0.25) is 10.0 Å². The molecular weight excluding hydrogens is 458 g/mol. The first-order valence-electron chi connectivity index (χ1n) is 7.16. The topological polar surface area (TPSA) is 37.4 Å². The van der Waals surface area contributed by atoms with Gasteiger partial charge in [0.2, 0.25) is 5.91 Å². The first kappa shape index (κ1) is 20.7. The molecule has 1 amide bonds. The van der Waals surface area contributed by atoms with Crippen LogP contribution in [0.15, 0.2) is 42.5 Å². The van der Waals surface area contributed by atoms with Gasteiger partial charge in [-0.3, -0.25) is 9.59 Å². The van der Waals surface area contributed by atoms with Crippen LogP contribution in [0.4, 0.5) is 18.9 Å². The molecule has 0 N–H and O–H groups in total. The average molecular weight is 469 g/mol. The number of hydrogen-bond acceptors (Lipinski definition) is 2. The van der Waals surface area contributed by atoms with Gasteiger partial charge in [-0.1, -0.05) is 51.3 Å². The molecule has 0 aliphatic rings. The van der Waals surface area contributed by atoms with Crippen molar-refractivity contribution in [3.63, 3.8) is 0 Å². The van der Waals surface area contributed by atoms with Gasteiger partial charge in [-0.05, 0) is 30.3 Å². The summed E-state index contributed by atoms with van der Waals surface area (Å²) >= 11 is 14.8. The molecule has 2 aromatic carbocycles. The standard InChI is InChI=1S/C17H11BrCl2F3NO2/c18-8-15(25)24(9-17(21,22)23)14-6-5-10(19)7-12(14)16(26)11-3-1-2-4-13(11)20/h1-7H,8-9H2. The van der Waals surface area contributed by atoms with Gasteiger partial charge < -0.3 is 4.90 Å². The van der Waals surface area contributed by atoms with Gasteiger partial charge in [0.1, 0.15) is 6.54 Å². The molecule has 26 heavy (non-hydrogen) atoms. The molecule has 138 valence electrons. The summed E-state index contributed by atoms with van der Waals surface area (Å²) in [6, 6.07) is 9.84. The maximum atomic E-state index is 12.9. The molecular formula is C17H11BrCl2F3NO2. The van der Waals surface area contributed by atoms with Crippen molar-refractivity contribution in [3.8, 4) is 0 Å². The van der Waals surface area contributed by atoms with E-state index < -0.39 is 24.4 Å². The van der Waals surface area contributed by atoms with Crippen molar-refractivity contribution in [2.45, 2.75) is 6.18 Å². The molecule has 0 aliphatic heterocycles. The number of rotatable bonds is 5. The van der Waals surface area contributed by atoms with E-state index in [2.05, 4.69) is 15.9 Å². The Labute approximate surface area is 165 Å². The lowest BCUT2D eigenvalue weighted by molar-refractivity contribution is -0.131. The largest absolute Gasteiger partial charge is 0.406 e. The van der Waals surface area contributed by atoms with Crippen LogP contribution in [0.25, 0.3) is 0 Å². The predicted octanol–water partition coefficient (Wildman–Crippen LogP) is 5.51.